The zero-order chi connectivity index (χ0) is 13.8. The van der Waals surface area contributed by atoms with E-state index in [2.05, 4.69) is 10.5 Å². The van der Waals surface area contributed by atoms with Crippen LogP contribution in [0.5, 0.6) is 5.88 Å². The number of hydrogen-bond acceptors (Lipinski definition) is 4. The van der Waals surface area contributed by atoms with Crippen molar-refractivity contribution in [3.8, 4) is 5.88 Å². The number of aromatic nitrogens is 1. The molecule has 1 aromatic heterocycles. The van der Waals surface area contributed by atoms with E-state index in [1.165, 1.54) is 0 Å². The number of rotatable bonds is 4. The first kappa shape index (κ1) is 13.1. The molecule has 0 aliphatic rings. The van der Waals surface area contributed by atoms with Crippen LogP contribution in [0.15, 0.2) is 28.8 Å². The maximum atomic E-state index is 11.7. The van der Waals surface area contributed by atoms with Gasteiger partial charge in [0.1, 0.15) is 5.76 Å². The van der Waals surface area contributed by atoms with Gasteiger partial charge in [-0.05, 0) is 37.6 Å². The topological polar surface area (TPSA) is 64.4 Å². The van der Waals surface area contributed by atoms with E-state index < -0.39 is 0 Å². The Hall–Kier alpha value is -2.30. The monoisotopic (exact) mass is 260 g/mol. The number of nitrogens with zero attached hydrogens (tertiary/aromatic N) is 1. The SMILES string of the molecule is Cc1ccc(NC(=O)COc2cc(C)on2)c(C)c1. The molecule has 0 saturated heterocycles. The fraction of sp³-hybridized carbons (Fsp3) is 0.286. The molecule has 2 aromatic rings. The normalized spacial score (nSPS) is 10.3. The highest BCUT2D eigenvalue weighted by molar-refractivity contribution is 5.92. The number of ether oxygens (including phenoxy) is 1. The molecule has 5 nitrogen and oxygen atoms in total. The molecule has 0 bridgehead atoms. The highest BCUT2D eigenvalue weighted by Gasteiger charge is 2.07. The molecular weight excluding hydrogens is 244 g/mol. The summed E-state index contributed by atoms with van der Waals surface area (Å²) in [6.45, 7) is 5.62. The lowest BCUT2D eigenvalue weighted by molar-refractivity contribution is -0.118. The molecule has 19 heavy (non-hydrogen) atoms. The van der Waals surface area contributed by atoms with Gasteiger partial charge in [-0.2, -0.15) is 0 Å². The van der Waals surface area contributed by atoms with Crippen LogP contribution >= 0.6 is 0 Å². The predicted molar refractivity (Wildman–Crippen MR) is 71.3 cm³/mol. The van der Waals surface area contributed by atoms with Gasteiger partial charge in [0.25, 0.3) is 11.8 Å². The first-order chi connectivity index (χ1) is 9.04. The van der Waals surface area contributed by atoms with Crippen molar-refractivity contribution in [2.45, 2.75) is 20.8 Å². The van der Waals surface area contributed by atoms with E-state index in [1.807, 2.05) is 32.0 Å². The van der Waals surface area contributed by atoms with E-state index in [0.717, 1.165) is 16.8 Å². The Morgan fingerprint density at radius 2 is 2.11 bits per heavy atom. The lowest BCUT2D eigenvalue weighted by Crippen LogP contribution is -2.20. The molecule has 1 aromatic carbocycles. The summed E-state index contributed by atoms with van der Waals surface area (Å²) in [4.78, 5) is 11.7. The van der Waals surface area contributed by atoms with E-state index >= 15 is 0 Å². The van der Waals surface area contributed by atoms with Crippen molar-refractivity contribution in [3.63, 3.8) is 0 Å². The van der Waals surface area contributed by atoms with Gasteiger partial charge < -0.3 is 14.6 Å². The van der Waals surface area contributed by atoms with Crippen molar-refractivity contribution < 1.29 is 14.1 Å². The van der Waals surface area contributed by atoms with Crippen LogP contribution in [0.25, 0.3) is 0 Å². The Labute approximate surface area is 111 Å². The van der Waals surface area contributed by atoms with Gasteiger partial charge in [-0.1, -0.05) is 17.7 Å². The summed E-state index contributed by atoms with van der Waals surface area (Å²) in [6, 6.07) is 7.47. The van der Waals surface area contributed by atoms with Crippen LogP contribution in [0, 0.1) is 20.8 Å². The lowest BCUT2D eigenvalue weighted by Gasteiger charge is -2.09. The number of carbonyl (C=O) groups excluding carboxylic acids is 1. The largest absolute Gasteiger partial charge is 0.465 e. The molecule has 0 aliphatic carbocycles. The van der Waals surface area contributed by atoms with Crippen LogP contribution in [0.2, 0.25) is 0 Å². The standard InChI is InChI=1S/C14H16N2O3/c1-9-4-5-12(10(2)6-9)15-13(17)8-18-14-7-11(3)19-16-14/h4-7H,8H2,1-3H3,(H,15,17). The lowest BCUT2D eigenvalue weighted by atomic mass is 10.1. The fourth-order valence-corrected chi connectivity index (χ4v) is 1.69. The molecule has 1 N–H and O–H groups in total. The van der Waals surface area contributed by atoms with Gasteiger partial charge in [-0.15, -0.1) is 0 Å². The van der Waals surface area contributed by atoms with Gasteiger partial charge in [0.15, 0.2) is 6.61 Å². The molecule has 0 unspecified atom stereocenters. The quantitative estimate of drug-likeness (QED) is 0.917. The summed E-state index contributed by atoms with van der Waals surface area (Å²) >= 11 is 0. The number of anilines is 1. The van der Waals surface area contributed by atoms with Crippen molar-refractivity contribution in [3.05, 3.63) is 41.2 Å². The third kappa shape index (κ3) is 3.58. The zero-order valence-electron chi connectivity index (χ0n) is 11.2. The second-order valence-corrected chi connectivity index (χ2v) is 4.43. The zero-order valence-corrected chi connectivity index (χ0v) is 11.2. The van der Waals surface area contributed by atoms with Gasteiger partial charge in [-0.3, -0.25) is 4.79 Å². The summed E-state index contributed by atoms with van der Waals surface area (Å²) < 4.78 is 10.0. The Balaban J connectivity index is 1.90. The van der Waals surface area contributed by atoms with E-state index in [9.17, 15) is 4.79 Å². The highest BCUT2D eigenvalue weighted by Crippen LogP contribution is 2.16. The maximum Gasteiger partial charge on any atom is 0.262 e. The minimum absolute atomic E-state index is 0.0979. The molecule has 0 spiro atoms. The Morgan fingerprint density at radius 1 is 1.32 bits per heavy atom. The highest BCUT2D eigenvalue weighted by atomic mass is 16.5. The molecule has 0 saturated carbocycles. The van der Waals surface area contributed by atoms with Crippen LogP contribution in [0.4, 0.5) is 5.69 Å². The summed E-state index contributed by atoms with van der Waals surface area (Å²) in [6.07, 6.45) is 0. The first-order valence-electron chi connectivity index (χ1n) is 5.98. The summed E-state index contributed by atoms with van der Waals surface area (Å²) in [7, 11) is 0. The summed E-state index contributed by atoms with van der Waals surface area (Å²) in [5.74, 6) is 0.727. The molecule has 100 valence electrons. The second kappa shape index (κ2) is 5.56. The Bertz CT molecular complexity index is 590. The fourth-order valence-electron chi connectivity index (χ4n) is 1.69. The van der Waals surface area contributed by atoms with Gasteiger partial charge in [0.2, 0.25) is 0 Å². The maximum absolute atomic E-state index is 11.7. The van der Waals surface area contributed by atoms with Crippen molar-refractivity contribution in [2.75, 3.05) is 11.9 Å². The molecule has 5 heteroatoms. The summed E-state index contributed by atoms with van der Waals surface area (Å²) in [5, 5.41) is 6.44. The van der Waals surface area contributed by atoms with Gasteiger partial charge >= 0.3 is 0 Å². The molecule has 1 amide bonds. The summed E-state index contributed by atoms with van der Waals surface area (Å²) in [5.41, 5.74) is 2.96. The van der Waals surface area contributed by atoms with Crippen LogP contribution in [0.3, 0.4) is 0 Å². The minimum atomic E-state index is -0.229. The van der Waals surface area contributed by atoms with Crippen molar-refractivity contribution in [2.24, 2.45) is 0 Å². The van der Waals surface area contributed by atoms with Crippen LogP contribution in [-0.4, -0.2) is 17.7 Å². The molecule has 1 heterocycles. The number of nitrogens with one attached hydrogen (secondary N) is 1. The number of hydrogen-bond donors (Lipinski definition) is 1. The van der Waals surface area contributed by atoms with Gasteiger partial charge in [-0.25, -0.2) is 0 Å². The minimum Gasteiger partial charge on any atom is -0.465 e. The van der Waals surface area contributed by atoms with E-state index in [1.54, 1.807) is 13.0 Å². The second-order valence-electron chi connectivity index (χ2n) is 4.43. The van der Waals surface area contributed by atoms with Crippen molar-refractivity contribution in [1.29, 1.82) is 0 Å². The number of carbonyl (C=O) groups is 1. The van der Waals surface area contributed by atoms with Crippen molar-refractivity contribution in [1.82, 2.24) is 5.16 Å². The first-order valence-corrected chi connectivity index (χ1v) is 5.98. The predicted octanol–water partition coefficient (Wildman–Crippen LogP) is 2.62. The third-order valence-corrected chi connectivity index (χ3v) is 2.61. The smallest absolute Gasteiger partial charge is 0.262 e. The Morgan fingerprint density at radius 3 is 2.74 bits per heavy atom. The molecule has 0 fully saturated rings. The van der Waals surface area contributed by atoms with Gasteiger partial charge in [0.05, 0.1) is 0 Å². The van der Waals surface area contributed by atoms with Crippen LogP contribution < -0.4 is 10.1 Å². The van der Waals surface area contributed by atoms with E-state index in [-0.39, 0.29) is 12.5 Å². The molecule has 0 radical (unpaired) electrons. The van der Waals surface area contributed by atoms with E-state index in [4.69, 9.17) is 9.26 Å². The Kier molecular flexibility index (Phi) is 3.85. The molecule has 0 atom stereocenters. The number of aryl methyl sites for hydroxylation is 3. The third-order valence-electron chi connectivity index (χ3n) is 2.61. The van der Waals surface area contributed by atoms with E-state index in [0.29, 0.717) is 11.6 Å². The van der Waals surface area contributed by atoms with Crippen LogP contribution in [0.1, 0.15) is 16.9 Å². The molecule has 2 rings (SSSR count). The number of amides is 1. The molecular formula is C14H16N2O3. The average molecular weight is 260 g/mol. The average Bonchev–Trinajstić information content (AvgIpc) is 2.76. The van der Waals surface area contributed by atoms with Crippen LogP contribution in [-0.2, 0) is 4.79 Å². The van der Waals surface area contributed by atoms with Crippen molar-refractivity contribution >= 4 is 11.6 Å². The molecule has 0 aliphatic heterocycles. The number of benzene rings is 1. The van der Waals surface area contributed by atoms with Gasteiger partial charge in [0, 0.05) is 11.8 Å².